The first-order chi connectivity index (χ1) is 13.3. The lowest BCUT2D eigenvalue weighted by molar-refractivity contribution is -0.144. The zero-order valence-electron chi connectivity index (χ0n) is 17.0. The van der Waals surface area contributed by atoms with Crippen LogP contribution in [0.15, 0.2) is 54.6 Å². The highest BCUT2D eigenvalue weighted by Crippen LogP contribution is 2.26. The first kappa shape index (κ1) is 22.0. The molecule has 0 aliphatic rings. The van der Waals surface area contributed by atoms with E-state index in [2.05, 4.69) is 5.32 Å². The van der Waals surface area contributed by atoms with Gasteiger partial charge in [-0.3, -0.25) is 9.59 Å². The van der Waals surface area contributed by atoms with Crippen LogP contribution in [0.25, 0.3) is 0 Å². The predicted molar refractivity (Wildman–Crippen MR) is 114 cm³/mol. The summed E-state index contributed by atoms with van der Waals surface area (Å²) in [4.78, 5) is 27.9. The monoisotopic (exact) mass is 400 g/mol. The molecule has 28 heavy (non-hydrogen) atoms. The van der Waals surface area contributed by atoms with Crippen molar-refractivity contribution >= 4 is 23.4 Å². The topological polar surface area (TPSA) is 49.4 Å². The van der Waals surface area contributed by atoms with Gasteiger partial charge in [0, 0.05) is 24.0 Å². The average molecular weight is 401 g/mol. The van der Waals surface area contributed by atoms with Crippen molar-refractivity contribution in [2.24, 2.45) is 11.8 Å². The lowest BCUT2D eigenvalue weighted by Crippen LogP contribution is -2.45. The predicted octanol–water partition coefficient (Wildman–Crippen LogP) is 4.84. The van der Waals surface area contributed by atoms with Crippen LogP contribution in [0, 0.1) is 11.8 Å². The molecule has 1 atom stereocenters. The highest BCUT2D eigenvalue weighted by atomic mass is 35.5. The van der Waals surface area contributed by atoms with Crippen molar-refractivity contribution in [2.45, 2.75) is 40.3 Å². The fraction of sp³-hybridized carbons (Fsp3) is 0.391. The molecule has 0 radical (unpaired) electrons. The second kappa shape index (κ2) is 10.3. The van der Waals surface area contributed by atoms with E-state index in [1.807, 2.05) is 70.2 Å². The summed E-state index contributed by atoms with van der Waals surface area (Å²) in [7, 11) is 0. The van der Waals surface area contributed by atoms with Gasteiger partial charge in [0.25, 0.3) is 0 Å². The molecule has 0 spiro atoms. The highest BCUT2D eigenvalue weighted by Gasteiger charge is 2.32. The molecular weight excluding hydrogens is 372 g/mol. The zero-order valence-corrected chi connectivity index (χ0v) is 17.7. The Balaban J connectivity index is 2.42. The molecule has 0 saturated heterocycles. The molecule has 150 valence electrons. The highest BCUT2D eigenvalue weighted by molar-refractivity contribution is 6.30. The molecule has 1 N–H and O–H groups in total. The van der Waals surface area contributed by atoms with E-state index in [-0.39, 0.29) is 17.7 Å². The van der Waals surface area contributed by atoms with Gasteiger partial charge in [-0.15, -0.1) is 0 Å². The van der Waals surface area contributed by atoms with Gasteiger partial charge >= 0.3 is 0 Å². The van der Waals surface area contributed by atoms with E-state index in [1.54, 1.807) is 17.0 Å². The summed E-state index contributed by atoms with van der Waals surface area (Å²) in [6, 6.07) is 16.1. The number of nitrogens with one attached hydrogen (secondary N) is 1. The quantitative estimate of drug-likeness (QED) is 0.689. The number of hydrogen-bond donors (Lipinski definition) is 1. The molecule has 0 aromatic heterocycles. The Bertz CT molecular complexity index is 773. The van der Waals surface area contributed by atoms with Gasteiger partial charge in [0.05, 0.1) is 0 Å². The smallest absolute Gasteiger partial charge is 0.247 e. The Labute approximate surface area is 172 Å². The summed E-state index contributed by atoms with van der Waals surface area (Å²) in [6.45, 7) is 8.69. The molecule has 4 nitrogen and oxygen atoms in total. The molecule has 0 bridgehead atoms. The van der Waals surface area contributed by atoms with Crippen molar-refractivity contribution in [2.75, 3.05) is 6.54 Å². The lowest BCUT2D eigenvalue weighted by atomic mass is 10.0. The molecule has 2 rings (SSSR count). The second-order valence-electron chi connectivity index (χ2n) is 7.70. The number of benzene rings is 2. The van der Waals surface area contributed by atoms with Crippen LogP contribution in [0.5, 0.6) is 0 Å². The van der Waals surface area contributed by atoms with Crippen LogP contribution in [0.3, 0.4) is 0 Å². The van der Waals surface area contributed by atoms with Crippen LogP contribution in [-0.4, -0.2) is 23.3 Å². The summed E-state index contributed by atoms with van der Waals surface area (Å²) in [5.41, 5.74) is 1.72. The summed E-state index contributed by atoms with van der Waals surface area (Å²) < 4.78 is 0. The number of halogens is 1. The number of rotatable bonds is 8. The van der Waals surface area contributed by atoms with E-state index >= 15 is 0 Å². The normalized spacial score (nSPS) is 12.1. The molecule has 0 heterocycles. The summed E-state index contributed by atoms with van der Waals surface area (Å²) >= 11 is 6.00. The number of carbonyl (C=O) groups is 2. The largest absolute Gasteiger partial charge is 0.354 e. The molecule has 0 unspecified atom stereocenters. The fourth-order valence-corrected chi connectivity index (χ4v) is 3.05. The van der Waals surface area contributed by atoms with E-state index in [0.29, 0.717) is 24.0 Å². The maximum absolute atomic E-state index is 13.1. The Morgan fingerprint density at radius 2 is 1.57 bits per heavy atom. The minimum atomic E-state index is -0.689. The van der Waals surface area contributed by atoms with Crippen molar-refractivity contribution in [3.8, 4) is 0 Å². The van der Waals surface area contributed by atoms with Crippen LogP contribution in [0.1, 0.15) is 44.9 Å². The third kappa shape index (κ3) is 6.10. The van der Waals surface area contributed by atoms with Crippen LogP contribution in [0.2, 0.25) is 5.02 Å². The Morgan fingerprint density at radius 1 is 0.964 bits per heavy atom. The molecule has 0 aliphatic heterocycles. The van der Waals surface area contributed by atoms with Gasteiger partial charge in [-0.2, -0.15) is 0 Å². The lowest BCUT2D eigenvalue weighted by Gasteiger charge is -2.33. The van der Waals surface area contributed by atoms with E-state index < -0.39 is 6.04 Å². The van der Waals surface area contributed by atoms with Gasteiger partial charge in [-0.25, -0.2) is 0 Å². The number of amides is 2. The van der Waals surface area contributed by atoms with Gasteiger partial charge in [0.1, 0.15) is 6.04 Å². The van der Waals surface area contributed by atoms with Crippen LogP contribution < -0.4 is 5.32 Å². The Morgan fingerprint density at radius 3 is 2.11 bits per heavy atom. The molecule has 0 fully saturated rings. The van der Waals surface area contributed by atoms with Crippen molar-refractivity contribution in [1.29, 1.82) is 0 Å². The Hall–Kier alpha value is -2.33. The minimum Gasteiger partial charge on any atom is -0.354 e. The molecule has 5 heteroatoms. The van der Waals surface area contributed by atoms with Crippen molar-refractivity contribution in [3.05, 3.63) is 70.7 Å². The Kier molecular flexibility index (Phi) is 8.06. The average Bonchev–Trinajstić information content (AvgIpc) is 2.67. The van der Waals surface area contributed by atoms with E-state index in [0.717, 1.165) is 11.1 Å². The van der Waals surface area contributed by atoms with Crippen LogP contribution in [0.4, 0.5) is 0 Å². The van der Waals surface area contributed by atoms with E-state index in [1.165, 1.54) is 0 Å². The van der Waals surface area contributed by atoms with Crippen LogP contribution >= 0.6 is 11.6 Å². The van der Waals surface area contributed by atoms with Gasteiger partial charge in [-0.1, -0.05) is 81.8 Å². The maximum atomic E-state index is 13.1. The standard InChI is InChI=1S/C23H29ClN2O2/c1-16(2)14-25-22(27)21(19-8-6-5-7-9-19)26(23(28)17(3)4)15-18-10-12-20(24)13-11-18/h5-13,16-17,21H,14-15H2,1-4H3,(H,25,27)/t21-/m0/s1. The second-order valence-corrected chi connectivity index (χ2v) is 8.14. The van der Waals surface area contributed by atoms with Crippen LogP contribution in [-0.2, 0) is 16.1 Å². The third-order valence-electron chi connectivity index (χ3n) is 4.40. The molecule has 0 saturated carbocycles. The van der Waals surface area contributed by atoms with Gasteiger partial charge in [0.2, 0.25) is 11.8 Å². The van der Waals surface area contributed by atoms with E-state index in [9.17, 15) is 9.59 Å². The minimum absolute atomic E-state index is 0.0662. The molecule has 2 aromatic rings. The van der Waals surface area contributed by atoms with Gasteiger partial charge < -0.3 is 10.2 Å². The molecule has 2 aromatic carbocycles. The first-order valence-corrected chi connectivity index (χ1v) is 10.0. The SMILES string of the molecule is CC(C)CNC(=O)[C@H](c1ccccc1)N(Cc1ccc(Cl)cc1)C(=O)C(C)C. The van der Waals surface area contributed by atoms with Gasteiger partial charge in [-0.05, 0) is 29.2 Å². The van der Waals surface area contributed by atoms with E-state index in [4.69, 9.17) is 11.6 Å². The maximum Gasteiger partial charge on any atom is 0.247 e. The fourth-order valence-electron chi connectivity index (χ4n) is 2.92. The molecule has 0 aliphatic carbocycles. The summed E-state index contributed by atoms with van der Waals surface area (Å²) in [5, 5.41) is 3.63. The third-order valence-corrected chi connectivity index (χ3v) is 4.66. The number of hydrogen-bond acceptors (Lipinski definition) is 2. The molecule has 2 amide bonds. The van der Waals surface area contributed by atoms with Crippen molar-refractivity contribution < 1.29 is 9.59 Å². The number of nitrogens with zero attached hydrogens (tertiary/aromatic N) is 1. The first-order valence-electron chi connectivity index (χ1n) is 9.67. The zero-order chi connectivity index (χ0) is 20.7. The van der Waals surface area contributed by atoms with Crippen molar-refractivity contribution in [3.63, 3.8) is 0 Å². The van der Waals surface area contributed by atoms with Crippen molar-refractivity contribution in [1.82, 2.24) is 10.2 Å². The summed E-state index contributed by atoms with van der Waals surface area (Å²) in [5.74, 6) is -0.131. The summed E-state index contributed by atoms with van der Waals surface area (Å²) in [6.07, 6.45) is 0. The number of carbonyl (C=O) groups excluding carboxylic acids is 2. The van der Waals surface area contributed by atoms with Gasteiger partial charge in [0.15, 0.2) is 0 Å². The molecular formula is C23H29ClN2O2.